The molecule has 0 bridgehead atoms. The van der Waals surface area contributed by atoms with E-state index in [0.29, 0.717) is 0 Å². The summed E-state index contributed by atoms with van der Waals surface area (Å²) in [5, 5.41) is 0. The number of hydrogen-bond acceptors (Lipinski definition) is 3. The monoisotopic (exact) mass is 431 g/mol. The molecule has 22 heavy (non-hydrogen) atoms. The Bertz CT molecular complexity index is 906. The van der Waals surface area contributed by atoms with Crippen molar-refractivity contribution in [2.45, 2.75) is 38.9 Å². The van der Waals surface area contributed by atoms with E-state index in [1.165, 1.54) is 4.57 Å². The topological polar surface area (TPSA) is 36.3 Å². The minimum Gasteiger partial charge on any atom is -0.398 e. The average Bonchev–Trinajstić information content (AvgIpc) is 2.97. The van der Waals surface area contributed by atoms with Gasteiger partial charge in [0.05, 0.1) is 23.6 Å². The van der Waals surface area contributed by atoms with E-state index in [0.717, 1.165) is 0 Å². The molecule has 7 heteroatoms. The summed E-state index contributed by atoms with van der Waals surface area (Å²) in [7, 11) is -0.877. The van der Waals surface area contributed by atoms with Crippen molar-refractivity contribution in [1.82, 2.24) is 9.55 Å². The molecule has 1 aromatic carbocycles. The summed E-state index contributed by atoms with van der Waals surface area (Å²) in [5.41, 5.74) is -1.02. The quantitative estimate of drug-likeness (QED) is 0.679. The standard InChI is InChI=1S/C15H17BBr2N2O2/c1-14(2)15(3,4)22-16(21-14)12-9-20(13(18)19-12)11-7-5-6-10(17)8-11/h5-9H,1-4H3/i5D,6D,7D,8D,9D. The molecule has 0 radical (unpaired) electrons. The van der Waals surface area contributed by atoms with E-state index >= 15 is 0 Å². The molecule has 4 nitrogen and oxygen atoms in total. The second-order valence-corrected chi connectivity index (χ2v) is 7.47. The average molecular weight is 433 g/mol. The third-order valence-corrected chi connectivity index (χ3v) is 4.83. The molecule has 0 amide bonds. The maximum Gasteiger partial charge on any atom is 0.516 e. The molecule has 3 rings (SSSR count). The summed E-state index contributed by atoms with van der Waals surface area (Å²) < 4.78 is 54.2. The maximum absolute atomic E-state index is 8.54. The van der Waals surface area contributed by atoms with Crippen LogP contribution in [0, 0.1) is 0 Å². The summed E-state index contributed by atoms with van der Waals surface area (Å²) >= 11 is 6.40. The molecule has 2 heterocycles. The molecule has 0 aliphatic carbocycles. The number of halogens is 2. The number of nitrogens with zero attached hydrogens (tertiary/aromatic N) is 2. The summed E-state index contributed by atoms with van der Waals surface area (Å²) in [6.07, 6.45) is -0.119. The first-order valence-electron chi connectivity index (χ1n) is 9.16. The van der Waals surface area contributed by atoms with Crippen LogP contribution in [0.15, 0.2) is 39.5 Å². The number of imidazole rings is 1. The minimum absolute atomic E-state index is 0.0185. The van der Waals surface area contributed by atoms with Crippen LogP contribution in [-0.4, -0.2) is 27.9 Å². The van der Waals surface area contributed by atoms with Gasteiger partial charge in [-0.15, -0.1) is 0 Å². The van der Waals surface area contributed by atoms with Gasteiger partial charge in [-0.2, -0.15) is 0 Å². The zero-order valence-corrected chi connectivity index (χ0v) is 15.7. The van der Waals surface area contributed by atoms with Gasteiger partial charge in [0.1, 0.15) is 0 Å². The van der Waals surface area contributed by atoms with Crippen molar-refractivity contribution in [3.05, 3.63) is 39.5 Å². The van der Waals surface area contributed by atoms with Crippen LogP contribution in [0.5, 0.6) is 0 Å². The SMILES string of the molecule is [2H]c1c([2H])c(Br)c([2H])c(-n2c(Br)nc(B3OC(C)(C)C(C)(C)O3)c2[2H])c1[2H]. The van der Waals surface area contributed by atoms with Crippen LogP contribution in [0.3, 0.4) is 0 Å². The molecular weight excluding hydrogens is 411 g/mol. The molecule has 0 spiro atoms. The summed E-state index contributed by atoms with van der Waals surface area (Å²) in [6, 6.07) is -1.10. The normalized spacial score (nSPS) is 22.8. The third kappa shape index (κ3) is 2.80. The van der Waals surface area contributed by atoms with Gasteiger partial charge in [0.2, 0.25) is 0 Å². The van der Waals surface area contributed by atoms with Gasteiger partial charge in [-0.1, -0.05) is 22.0 Å². The first-order chi connectivity index (χ1) is 12.3. The molecule has 1 fully saturated rings. The van der Waals surface area contributed by atoms with E-state index in [-0.39, 0.29) is 50.8 Å². The molecule has 1 aliphatic rings. The lowest BCUT2D eigenvalue weighted by Crippen LogP contribution is -2.41. The van der Waals surface area contributed by atoms with Crippen molar-refractivity contribution in [2.75, 3.05) is 0 Å². The Kier molecular flexibility index (Phi) is 2.74. The Labute approximate surface area is 154 Å². The second kappa shape index (κ2) is 5.48. The van der Waals surface area contributed by atoms with E-state index in [1.807, 2.05) is 27.7 Å². The lowest BCUT2D eigenvalue weighted by molar-refractivity contribution is 0.00578. The van der Waals surface area contributed by atoms with Crippen LogP contribution in [0.25, 0.3) is 5.69 Å². The van der Waals surface area contributed by atoms with Crippen LogP contribution >= 0.6 is 31.9 Å². The molecule has 0 saturated carbocycles. The number of benzene rings is 1. The largest absolute Gasteiger partial charge is 0.516 e. The Morgan fingerprint density at radius 2 is 1.82 bits per heavy atom. The fraction of sp³-hybridized carbons (Fsp3) is 0.400. The number of rotatable bonds is 2. The fourth-order valence-corrected chi connectivity index (χ4v) is 2.71. The molecule has 2 aromatic rings. The predicted molar refractivity (Wildman–Crippen MR) is 94.7 cm³/mol. The Hall–Kier alpha value is -0.625. The number of aromatic nitrogens is 2. The molecule has 0 atom stereocenters. The van der Waals surface area contributed by atoms with Crippen molar-refractivity contribution in [2.24, 2.45) is 0 Å². The van der Waals surface area contributed by atoms with Crippen LogP contribution < -0.4 is 5.59 Å². The Balaban J connectivity index is 2.18. The highest BCUT2D eigenvalue weighted by Gasteiger charge is 2.52. The predicted octanol–water partition coefficient (Wildman–Crippen LogP) is 3.70. The van der Waals surface area contributed by atoms with Gasteiger partial charge >= 0.3 is 7.12 Å². The molecular formula is C15H17BBr2N2O2. The van der Waals surface area contributed by atoms with E-state index in [2.05, 4.69) is 36.8 Å². The van der Waals surface area contributed by atoms with Gasteiger partial charge < -0.3 is 9.31 Å². The summed E-state index contributed by atoms with van der Waals surface area (Å²) in [6.45, 7) is 7.57. The summed E-state index contributed by atoms with van der Waals surface area (Å²) in [5.74, 6) is 0. The van der Waals surface area contributed by atoms with Gasteiger partial charge in [-0.3, -0.25) is 4.57 Å². The molecule has 1 saturated heterocycles. The first kappa shape index (κ1) is 11.0. The molecule has 0 N–H and O–H groups in total. The highest BCUT2D eigenvalue weighted by atomic mass is 79.9. The molecule has 0 unspecified atom stereocenters. The van der Waals surface area contributed by atoms with Gasteiger partial charge in [0, 0.05) is 16.3 Å². The van der Waals surface area contributed by atoms with Gasteiger partial charge in [0.15, 0.2) is 4.73 Å². The zero-order valence-electron chi connectivity index (χ0n) is 17.5. The highest BCUT2D eigenvalue weighted by Crippen LogP contribution is 2.36. The number of hydrogen-bond donors (Lipinski definition) is 0. The van der Waals surface area contributed by atoms with Crippen molar-refractivity contribution in [3.8, 4) is 5.69 Å². The lowest BCUT2D eigenvalue weighted by Gasteiger charge is -2.32. The van der Waals surface area contributed by atoms with Crippen molar-refractivity contribution in [3.63, 3.8) is 0 Å². The molecule has 116 valence electrons. The van der Waals surface area contributed by atoms with Crippen LogP contribution in [-0.2, 0) is 9.31 Å². The third-order valence-electron chi connectivity index (χ3n) is 3.90. The highest BCUT2D eigenvalue weighted by molar-refractivity contribution is 9.10. The zero-order chi connectivity index (χ0) is 20.5. The Morgan fingerprint density at radius 1 is 1.18 bits per heavy atom. The van der Waals surface area contributed by atoms with Gasteiger partial charge in [-0.25, -0.2) is 4.98 Å². The smallest absolute Gasteiger partial charge is 0.398 e. The van der Waals surface area contributed by atoms with Crippen LogP contribution in [0.1, 0.15) is 34.5 Å². The fourth-order valence-electron chi connectivity index (χ4n) is 1.97. The van der Waals surface area contributed by atoms with Crippen molar-refractivity contribution < 1.29 is 16.2 Å². The molecule has 1 aromatic heterocycles. The second-order valence-electron chi connectivity index (χ2n) is 5.96. The maximum atomic E-state index is 8.54. The van der Waals surface area contributed by atoms with Gasteiger partial charge in [0.25, 0.3) is 0 Å². The lowest BCUT2D eigenvalue weighted by atomic mass is 9.86. The van der Waals surface area contributed by atoms with E-state index in [4.69, 9.17) is 16.2 Å². The summed E-state index contributed by atoms with van der Waals surface area (Å²) in [4.78, 5) is 4.32. The van der Waals surface area contributed by atoms with Crippen molar-refractivity contribution in [1.29, 1.82) is 0 Å². The van der Waals surface area contributed by atoms with E-state index < -0.39 is 18.3 Å². The van der Waals surface area contributed by atoms with Crippen LogP contribution in [0.4, 0.5) is 0 Å². The Morgan fingerprint density at radius 3 is 2.45 bits per heavy atom. The first-order valence-corrected chi connectivity index (χ1v) is 8.25. The van der Waals surface area contributed by atoms with Crippen LogP contribution in [0.2, 0.25) is 0 Å². The van der Waals surface area contributed by atoms with Gasteiger partial charge in [-0.05, 0) is 61.8 Å². The van der Waals surface area contributed by atoms with Crippen molar-refractivity contribution >= 4 is 44.6 Å². The minimum atomic E-state index is -0.877. The molecule has 1 aliphatic heterocycles. The van der Waals surface area contributed by atoms with E-state index in [1.54, 1.807) is 0 Å². The van der Waals surface area contributed by atoms with E-state index in [9.17, 15) is 0 Å².